The lowest BCUT2D eigenvalue weighted by Gasteiger charge is -2.11. The number of hydrogen-bond acceptors (Lipinski definition) is 3. The van der Waals surface area contributed by atoms with E-state index in [4.69, 9.17) is 5.11 Å². The van der Waals surface area contributed by atoms with Crippen molar-refractivity contribution in [2.24, 2.45) is 0 Å². The summed E-state index contributed by atoms with van der Waals surface area (Å²) < 4.78 is 24.3. The van der Waals surface area contributed by atoms with Crippen LogP contribution in [0.15, 0.2) is 0 Å². The van der Waals surface area contributed by atoms with Crippen LogP contribution in [0.2, 0.25) is 0 Å². The van der Waals surface area contributed by atoms with Gasteiger partial charge in [0, 0.05) is 20.6 Å². The molecular weight excluding hydrogens is 184 g/mol. The fourth-order valence-electron chi connectivity index (χ4n) is 1.07. The Hall–Kier alpha value is -0.660. The molecule has 7 heteroatoms. The zero-order chi connectivity index (χ0) is 9.52. The van der Waals surface area contributed by atoms with Crippen LogP contribution in [-0.4, -0.2) is 54.8 Å². The standard InChI is InChI=1S/C5H10N2O4S/c1-6-3-4(5(8)9)7(2)12(6,10)11/h4H,3H2,1-2H3,(H,8,9)/t4-/m0/s1. The van der Waals surface area contributed by atoms with Crippen LogP contribution >= 0.6 is 0 Å². The van der Waals surface area contributed by atoms with E-state index in [1.165, 1.54) is 14.1 Å². The number of likely N-dealkylation sites (N-methyl/N-ethyl adjacent to an activating group) is 2. The maximum Gasteiger partial charge on any atom is 0.323 e. The minimum absolute atomic E-state index is 0.00810. The van der Waals surface area contributed by atoms with Crippen LogP contribution in [-0.2, 0) is 15.0 Å². The van der Waals surface area contributed by atoms with E-state index in [0.29, 0.717) is 0 Å². The summed E-state index contributed by atoms with van der Waals surface area (Å²) in [6, 6.07) is -0.958. The Morgan fingerprint density at radius 3 is 2.17 bits per heavy atom. The third-order valence-electron chi connectivity index (χ3n) is 1.91. The predicted molar refractivity (Wildman–Crippen MR) is 40.7 cm³/mol. The summed E-state index contributed by atoms with van der Waals surface area (Å²) in [6.07, 6.45) is 0. The second kappa shape index (κ2) is 2.68. The lowest BCUT2D eigenvalue weighted by molar-refractivity contribution is -0.140. The lowest BCUT2D eigenvalue weighted by atomic mass is 10.3. The quantitative estimate of drug-likeness (QED) is 0.554. The van der Waals surface area contributed by atoms with Crippen molar-refractivity contribution >= 4 is 16.2 Å². The van der Waals surface area contributed by atoms with Gasteiger partial charge in [-0.3, -0.25) is 4.79 Å². The molecule has 0 aromatic rings. The first-order chi connectivity index (χ1) is 5.37. The summed E-state index contributed by atoms with van der Waals surface area (Å²) in [5.74, 6) is -1.12. The molecule has 0 aromatic heterocycles. The van der Waals surface area contributed by atoms with Crippen LogP contribution in [0, 0.1) is 0 Å². The van der Waals surface area contributed by atoms with Gasteiger partial charge in [0.05, 0.1) is 0 Å². The zero-order valence-electron chi connectivity index (χ0n) is 6.76. The SMILES string of the molecule is CN1C[C@@H](C(=O)O)N(C)S1(=O)=O. The number of rotatable bonds is 1. The summed E-state index contributed by atoms with van der Waals surface area (Å²) in [4.78, 5) is 10.5. The molecule has 1 aliphatic rings. The van der Waals surface area contributed by atoms with Crippen molar-refractivity contribution < 1.29 is 18.3 Å². The number of carboxylic acid groups (broad SMARTS) is 1. The molecule has 0 radical (unpaired) electrons. The van der Waals surface area contributed by atoms with Gasteiger partial charge >= 0.3 is 5.97 Å². The third-order valence-corrected chi connectivity index (χ3v) is 3.83. The van der Waals surface area contributed by atoms with Crippen molar-refractivity contribution in [3.63, 3.8) is 0 Å². The Bertz CT molecular complexity index is 299. The van der Waals surface area contributed by atoms with E-state index in [1.807, 2.05) is 0 Å². The van der Waals surface area contributed by atoms with E-state index in [-0.39, 0.29) is 6.54 Å². The fourth-order valence-corrected chi connectivity index (χ4v) is 2.31. The van der Waals surface area contributed by atoms with Crippen LogP contribution in [0.4, 0.5) is 0 Å². The summed E-state index contributed by atoms with van der Waals surface area (Å²) >= 11 is 0. The lowest BCUT2D eigenvalue weighted by Crippen LogP contribution is -2.36. The number of hydrogen-bond donors (Lipinski definition) is 1. The van der Waals surface area contributed by atoms with Gasteiger partial charge in [-0.05, 0) is 0 Å². The van der Waals surface area contributed by atoms with Crippen LogP contribution < -0.4 is 0 Å². The molecular formula is C5H10N2O4S. The molecule has 0 spiro atoms. The van der Waals surface area contributed by atoms with Crippen molar-refractivity contribution in [2.45, 2.75) is 6.04 Å². The van der Waals surface area contributed by atoms with Gasteiger partial charge in [-0.15, -0.1) is 0 Å². The van der Waals surface area contributed by atoms with E-state index in [2.05, 4.69) is 0 Å². The summed E-state index contributed by atoms with van der Waals surface area (Å²) in [5.41, 5.74) is 0. The molecule has 1 fully saturated rings. The van der Waals surface area contributed by atoms with Crippen LogP contribution in [0.3, 0.4) is 0 Å². The normalized spacial score (nSPS) is 30.7. The number of nitrogens with zero attached hydrogens (tertiary/aromatic N) is 2. The highest BCUT2D eigenvalue weighted by Crippen LogP contribution is 2.17. The molecule has 0 aromatic carbocycles. The second-order valence-electron chi connectivity index (χ2n) is 2.66. The second-order valence-corrected chi connectivity index (χ2v) is 4.75. The molecule has 6 nitrogen and oxygen atoms in total. The highest BCUT2D eigenvalue weighted by molar-refractivity contribution is 7.87. The van der Waals surface area contributed by atoms with Crippen molar-refractivity contribution in [1.29, 1.82) is 0 Å². The Morgan fingerprint density at radius 2 is 2.00 bits per heavy atom. The summed E-state index contributed by atoms with van der Waals surface area (Å²) in [6.45, 7) is 0.00810. The van der Waals surface area contributed by atoms with Crippen LogP contribution in [0.25, 0.3) is 0 Å². The monoisotopic (exact) mass is 194 g/mol. The molecule has 1 aliphatic heterocycles. The molecule has 1 heterocycles. The molecule has 70 valence electrons. The van der Waals surface area contributed by atoms with Gasteiger partial charge in [0.25, 0.3) is 10.2 Å². The van der Waals surface area contributed by atoms with Crippen molar-refractivity contribution in [1.82, 2.24) is 8.61 Å². The summed E-state index contributed by atoms with van der Waals surface area (Å²) in [7, 11) is -0.895. The smallest absolute Gasteiger partial charge is 0.323 e. The molecule has 0 amide bonds. The minimum Gasteiger partial charge on any atom is -0.480 e. The molecule has 1 atom stereocenters. The molecule has 12 heavy (non-hydrogen) atoms. The molecule has 0 saturated carbocycles. The maximum atomic E-state index is 11.2. The Balaban J connectivity index is 2.99. The highest BCUT2D eigenvalue weighted by atomic mass is 32.2. The van der Waals surface area contributed by atoms with Crippen LogP contribution in [0.5, 0.6) is 0 Å². The predicted octanol–water partition coefficient (Wildman–Crippen LogP) is -1.44. The van der Waals surface area contributed by atoms with Crippen LogP contribution in [0.1, 0.15) is 0 Å². The van der Waals surface area contributed by atoms with Gasteiger partial charge in [0.15, 0.2) is 0 Å². The third kappa shape index (κ3) is 1.19. The largest absolute Gasteiger partial charge is 0.480 e. The number of carbonyl (C=O) groups is 1. The summed E-state index contributed by atoms with van der Waals surface area (Å²) in [5, 5.41) is 8.60. The molecule has 0 unspecified atom stereocenters. The van der Waals surface area contributed by atoms with Crippen molar-refractivity contribution in [3.8, 4) is 0 Å². The Labute approximate surface area is 70.6 Å². The van der Waals surface area contributed by atoms with E-state index in [9.17, 15) is 13.2 Å². The molecule has 1 rings (SSSR count). The maximum absolute atomic E-state index is 11.2. The topological polar surface area (TPSA) is 77.9 Å². The van der Waals surface area contributed by atoms with Gasteiger partial charge in [-0.25, -0.2) is 0 Å². The van der Waals surface area contributed by atoms with Gasteiger partial charge in [0.2, 0.25) is 0 Å². The van der Waals surface area contributed by atoms with E-state index >= 15 is 0 Å². The zero-order valence-corrected chi connectivity index (χ0v) is 7.58. The molecule has 1 N–H and O–H groups in total. The van der Waals surface area contributed by atoms with E-state index in [0.717, 1.165) is 8.61 Å². The molecule has 1 saturated heterocycles. The Kier molecular flexibility index (Phi) is 2.11. The average molecular weight is 194 g/mol. The first-order valence-corrected chi connectivity index (χ1v) is 4.69. The highest BCUT2D eigenvalue weighted by Gasteiger charge is 2.42. The van der Waals surface area contributed by atoms with Gasteiger partial charge in [-0.2, -0.15) is 17.0 Å². The molecule has 0 aliphatic carbocycles. The first kappa shape index (κ1) is 9.43. The van der Waals surface area contributed by atoms with E-state index < -0.39 is 22.2 Å². The van der Waals surface area contributed by atoms with Crippen molar-refractivity contribution in [3.05, 3.63) is 0 Å². The Morgan fingerprint density at radius 1 is 1.50 bits per heavy atom. The van der Waals surface area contributed by atoms with Crippen molar-refractivity contribution in [2.75, 3.05) is 20.6 Å². The van der Waals surface area contributed by atoms with Gasteiger partial charge < -0.3 is 5.11 Å². The number of aliphatic carboxylic acids is 1. The average Bonchev–Trinajstić information content (AvgIpc) is 2.13. The van der Waals surface area contributed by atoms with E-state index in [1.54, 1.807) is 0 Å². The first-order valence-electron chi connectivity index (χ1n) is 3.29. The van der Waals surface area contributed by atoms with Gasteiger partial charge in [-0.1, -0.05) is 0 Å². The molecule has 0 bridgehead atoms. The minimum atomic E-state index is -3.51. The number of carboxylic acids is 1. The fraction of sp³-hybridized carbons (Fsp3) is 0.800. The van der Waals surface area contributed by atoms with Gasteiger partial charge in [0.1, 0.15) is 6.04 Å².